The number of rotatable bonds is 2. The quantitative estimate of drug-likeness (QED) is 0.880. The normalized spacial score (nSPS) is 9.21. The molecular formula is C10H9BrN2O. The molecule has 4 heteroatoms. The standard InChI is InChI=1S/C10H9BrN2O/c1-7-6-8(11)2-3-9(7)13-10(14)4-5-12/h2-3,6H,4H2,1H3,(H,13,14). The van der Waals surface area contributed by atoms with Crippen molar-refractivity contribution < 1.29 is 4.79 Å². The van der Waals surface area contributed by atoms with Gasteiger partial charge in [-0.25, -0.2) is 0 Å². The van der Waals surface area contributed by atoms with E-state index in [0.717, 1.165) is 15.7 Å². The lowest BCUT2D eigenvalue weighted by Gasteiger charge is -2.06. The third-order valence-electron chi connectivity index (χ3n) is 1.70. The Kier molecular flexibility index (Phi) is 3.66. The first-order valence-electron chi connectivity index (χ1n) is 4.06. The highest BCUT2D eigenvalue weighted by Crippen LogP contribution is 2.19. The average Bonchev–Trinajstić information content (AvgIpc) is 2.10. The summed E-state index contributed by atoms with van der Waals surface area (Å²) in [6, 6.07) is 7.34. The Morgan fingerprint density at radius 2 is 2.36 bits per heavy atom. The molecule has 0 saturated carbocycles. The van der Waals surface area contributed by atoms with Crippen molar-refractivity contribution >= 4 is 27.5 Å². The van der Waals surface area contributed by atoms with E-state index in [1.54, 1.807) is 12.1 Å². The first kappa shape index (κ1) is 10.7. The fraction of sp³-hybridized carbons (Fsp3) is 0.200. The summed E-state index contributed by atoms with van der Waals surface area (Å²) in [5.74, 6) is -0.280. The maximum absolute atomic E-state index is 11.1. The number of nitrogens with zero attached hydrogens (tertiary/aromatic N) is 1. The van der Waals surface area contributed by atoms with Crippen LogP contribution in [-0.4, -0.2) is 5.91 Å². The number of hydrogen-bond acceptors (Lipinski definition) is 2. The highest BCUT2D eigenvalue weighted by atomic mass is 79.9. The minimum absolute atomic E-state index is 0.116. The number of aryl methyl sites for hydroxylation is 1. The van der Waals surface area contributed by atoms with Crippen molar-refractivity contribution in [2.24, 2.45) is 0 Å². The summed E-state index contributed by atoms with van der Waals surface area (Å²) < 4.78 is 0.966. The molecule has 0 heterocycles. The molecule has 0 radical (unpaired) electrons. The molecule has 1 N–H and O–H groups in total. The third kappa shape index (κ3) is 2.86. The third-order valence-corrected chi connectivity index (χ3v) is 2.20. The molecule has 1 amide bonds. The molecule has 0 aliphatic heterocycles. The number of anilines is 1. The maximum atomic E-state index is 11.1. The summed E-state index contributed by atoms with van der Waals surface area (Å²) >= 11 is 3.33. The first-order valence-corrected chi connectivity index (χ1v) is 4.85. The van der Waals surface area contributed by atoms with Gasteiger partial charge in [0.05, 0.1) is 6.07 Å². The van der Waals surface area contributed by atoms with Crippen LogP contribution >= 0.6 is 15.9 Å². The van der Waals surface area contributed by atoms with Gasteiger partial charge in [0.25, 0.3) is 0 Å². The Bertz CT molecular complexity index is 396. The molecule has 0 unspecified atom stereocenters. The fourth-order valence-electron chi connectivity index (χ4n) is 1.03. The molecule has 14 heavy (non-hydrogen) atoms. The molecule has 1 aromatic carbocycles. The zero-order valence-electron chi connectivity index (χ0n) is 7.67. The predicted molar refractivity (Wildman–Crippen MR) is 57.7 cm³/mol. The topological polar surface area (TPSA) is 52.9 Å². The zero-order chi connectivity index (χ0) is 10.6. The Labute approximate surface area is 90.9 Å². The monoisotopic (exact) mass is 252 g/mol. The lowest BCUT2D eigenvalue weighted by Crippen LogP contribution is -2.10. The van der Waals surface area contributed by atoms with E-state index in [1.165, 1.54) is 0 Å². The predicted octanol–water partition coefficient (Wildman–Crippen LogP) is 2.61. The Morgan fingerprint density at radius 1 is 1.64 bits per heavy atom. The average molecular weight is 253 g/mol. The van der Waals surface area contributed by atoms with Gasteiger partial charge in [0, 0.05) is 10.2 Å². The van der Waals surface area contributed by atoms with Crippen molar-refractivity contribution in [1.82, 2.24) is 0 Å². The van der Waals surface area contributed by atoms with Crippen LogP contribution in [0.25, 0.3) is 0 Å². The smallest absolute Gasteiger partial charge is 0.238 e. The second kappa shape index (κ2) is 4.77. The first-order chi connectivity index (χ1) is 6.63. The van der Waals surface area contributed by atoms with Gasteiger partial charge in [0.15, 0.2) is 0 Å². The van der Waals surface area contributed by atoms with Gasteiger partial charge in [0.1, 0.15) is 6.42 Å². The van der Waals surface area contributed by atoms with Crippen LogP contribution in [0.3, 0.4) is 0 Å². The summed E-state index contributed by atoms with van der Waals surface area (Å²) in [5, 5.41) is 11.0. The van der Waals surface area contributed by atoms with Gasteiger partial charge in [-0.1, -0.05) is 15.9 Å². The van der Waals surface area contributed by atoms with E-state index in [9.17, 15) is 4.79 Å². The van der Waals surface area contributed by atoms with Gasteiger partial charge < -0.3 is 5.32 Å². The Morgan fingerprint density at radius 3 is 2.93 bits per heavy atom. The SMILES string of the molecule is Cc1cc(Br)ccc1NC(=O)CC#N. The van der Waals surface area contributed by atoms with Crippen LogP contribution < -0.4 is 5.32 Å². The summed E-state index contributed by atoms with van der Waals surface area (Å²) in [6.45, 7) is 1.90. The highest BCUT2D eigenvalue weighted by Gasteiger charge is 2.03. The molecule has 0 spiro atoms. The number of halogens is 1. The summed E-state index contributed by atoms with van der Waals surface area (Å²) in [7, 11) is 0. The Hall–Kier alpha value is -1.34. The molecule has 0 aliphatic rings. The van der Waals surface area contributed by atoms with Crippen LogP contribution in [0.15, 0.2) is 22.7 Å². The molecule has 1 rings (SSSR count). The molecule has 0 atom stereocenters. The summed E-state index contributed by atoms with van der Waals surface area (Å²) in [6.07, 6.45) is -0.116. The lowest BCUT2D eigenvalue weighted by atomic mass is 10.2. The largest absolute Gasteiger partial charge is 0.325 e. The van der Waals surface area contributed by atoms with E-state index in [1.807, 2.05) is 19.1 Å². The van der Waals surface area contributed by atoms with Crippen molar-refractivity contribution in [2.75, 3.05) is 5.32 Å². The number of amides is 1. The van der Waals surface area contributed by atoms with E-state index in [4.69, 9.17) is 5.26 Å². The summed E-state index contributed by atoms with van der Waals surface area (Å²) in [4.78, 5) is 11.1. The minimum atomic E-state index is -0.280. The van der Waals surface area contributed by atoms with Gasteiger partial charge in [-0.05, 0) is 30.7 Å². The molecule has 3 nitrogen and oxygen atoms in total. The van der Waals surface area contributed by atoms with Crippen molar-refractivity contribution in [3.63, 3.8) is 0 Å². The van der Waals surface area contributed by atoms with Crippen molar-refractivity contribution in [3.05, 3.63) is 28.2 Å². The van der Waals surface area contributed by atoms with Crippen molar-refractivity contribution in [2.45, 2.75) is 13.3 Å². The molecule has 72 valence electrons. The lowest BCUT2D eigenvalue weighted by molar-refractivity contribution is -0.115. The van der Waals surface area contributed by atoms with E-state index in [2.05, 4.69) is 21.2 Å². The molecule has 0 aliphatic carbocycles. The van der Waals surface area contributed by atoms with Crippen LogP contribution in [-0.2, 0) is 4.79 Å². The molecular weight excluding hydrogens is 244 g/mol. The molecule has 0 aromatic heterocycles. The number of carbonyl (C=O) groups excluding carboxylic acids is 1. The van der Waals surface area contributed by atoms with E-state index < -0.39 is 0 Å². The fourth-order valence-corrected chi connectivity index (χ4v) is 1.51. The minimum Gasteiger partial charge on any atom is -0.325 e. The molecule has 0 saturated heterocycles. The number of hydrogen-bond donors (Lipinski definition) is 1. The van der Waals surface area contributed by atoms with Gasteiger partial charge in [-0.15, -0.1) is 0 Å². The molecule has 0 fully saturated rings. The van der Waals surface area contributed by atoms with Gasteiger partial charge in [-0.3, -0.25) is 4.79 Å². The zero-order valence-corrected chi connectivity index (χ0v) is 9.26. The number of nitriles is 1. The van der Waals surface area contributed by atoms with Crippen LogP contribution in [0.4, 0.5) is 5.69 Å². The second-order valence-electron chi connectivity index (χ2n) is 2.84. The van der Waals surface area contributed by atoms with E-state index in [0.29, 0.717) is 0 Å². The summed E-state index contributed by atoms with van der Waals surface area (Å²) in [5.41, 5.74) is 1.71. The van der Waals surface area contributed by atoms with Crippen molar-refractivity contribution in [3.8, 4) is 6.07 Å². The number of nitrogens with one attached hydrogen (secondary N) is 1. The van der Waals surface area contributed by atoms with Crippen molar-refractivity contribution in [1.29, 1.82) is 5.26 Å². The van der Waals surface area contributed by atoms with Gasteiger partial charge >= 0.3 is 0 Å². The molecule has 1 aromatic rings. The Balaban J connectivity index is 2.78. The van der Waals surface area contributed by atoms with Crippen LogP contribution in [0.5, 0.6) is 0 Å². The second-order valence-corrected chi connectivity index (χ2v) is 3.76. The number of benzene rings is 1. The van der Waals surface area contributed by atoms with Gasteiger partial charge in [-0.2, -0.15) is 5.26 Å². The molecule has 0 bridgehead atoms. The highest BCUT2D eigenvalue weighted by molar-refractivity contribution is 9.10. The van der Waals surface area contributed by atoms with Gasteiger partial charge in [0.2, 0.25) is 5.91 Å². The van der Waals surface area contributed by atoms with E-state index in [-0.39, 0.29) is 12.3 Å². The van der Waals surface area contributed by atoms with Crippen LogP contribution in [0.1, 0.15) is 12.0 Å². The van der Waals surface area contributed by atoms with E-state index >= 15 is 0 Å². The maximum Gasteiger partial charge on any atom is 0.238 e. The van der Waals surface area contributed by atoms with Crippen LogP contribution in [0.2, 0.25) is 0 Å². The number of carbonyl (C=O) groups is 1. The van der Waals surface area contributed by atoms with Crippen LogP contribution in [0, 0.1) is 18.3 Å².